The summed E-state index contributed by atoms with van der Waals surface area (Å²) in [6.45, 7) is 4.44. The van der Waals surface area contributed by atoms with Crippen LogP contribution >= 0.6 is 0 Å². The zero-order chi connectivity index (χ0) is 10.5. The Labute approximate surface area is 93.8 Å². The first-order chi connectivity index (χ1) is 7.42. The molecule has 0 aromatic carbocycles. The highest BCUT2D eigenvalue weighted by Gasteiger charge is 2.40. The minimum atomic E-state index is 0.552. The fraction of sp³-hybridized carbons (Fsp3) is 1.00. The molecule has 2 unspecified atom stereocenters. The number of hydrogen-bond donors (Lipinski definition) is 1. The lowest BCUT2D eigenvalue weighted by atomic mass is 10.1. The van der Waals surface area contributed by atoms with Gasteiger partial charge in [-0.05, 0) is 38.1 Å². The second-order valence-corrected chi connectivity index (χ2v) is 5.08. The molecular formula is C13H25NO. The van der Waals surface area contributed by atoms with Crippen LogP contribution in [0, 0.1) is 5.92 Å². The lowest BCUT2D eigenvalue weighted by Gasteiger charge is -2.19. The molecule has 2 heteroatoms. The highest BCUT2D eigenvalue weighted by molar-refractivity contribution is 4.93. The van der Waals surface area contributed by atoms with E-state index in [-0.39, 0.29) is 0 Å². The van der Waals surface area contributed by atoms with E-state index in [0.717, 1.165) is 12.5 Å². The molecule has 2 fully saturated rings. The molecular weight excluding hydrogens is 186 g/mol. The molecule has 88 valence electrons. The third-order valence-corrected chi connectivity index (χ3v) is 3.66. The summed E-state index contributed by atoms with van der Waals surface area (Å²) in [7, 11) is 0. The lowest BCUT2D eigenvalue weighted by Crippen LogP contribution is -2.38. The van der Waals surface area contributed by atoms with Gasteiger partial charge >= 0.3 is 0 Å². The predicted molar refractivity (Wildman–Crippen MR) is 63.0 cm³/mol. The van der Waals surface area contributed by atoms with Crippen LogP contribution in [0.3, 0.4) is 0 Å². The smallest absolute Gasteiger partial charge is 0.0756 e. The van der Waals surface area contributed by atoms with Gasteiger partial charge in [-0.25, -0.2) is 0 Å². The first kappa shape index (κ1) is 11.4. The Morgan fingerprint density at radius 2 is 2.00 bits per heavy atom. The molecule has 1 N–H and O–H groups in total. The van der Waals surface area contributed by atoms with Crippen molar-refractivity contribution in [2.45, 2.75) is 64.0 Å². The summed E-state index contributed by atoms with van der Waals surface area (Å²) in [6.07, 6.45) is 10.0. The number of unbranched alkanes of at least 4 members (excludes halogenated alkanes) is 3. The predicted octanol–water partition coefficient (Wildman–Crippen LogP) is 2.72. The fourth-order valence-corrected chi connectivity index (χ4v) is 2.56. The van der Waals surface area contributed by atoms with Gasteiger partial charge in [0.25, 0.3) is 0 Å². The van der Waals surface area contributed by atoms with Gasteiger partial charge in [-0.3, -0.25) is 0 Å². The third-order valence-electron chi connectivity index (χ3n) is 3.66. The molecule has 1 aliphatic carbocycles. The zero-order valence-electron chi connectivity index (χ0n) is 10.0. The van der Waals surface area contributed by atoms with Gasteiger partial charge in [-0.2, -0.15) is 0 Å². The van der Waals surface area contributed by atoms with E-state index in [9.17, 15) is 0 Å². The molecule has 0 spiro atoms. The molecule has 1 saturated carbocycles. The van der Waals surface area contributed by atoms with Crippen LogP contribution in [0.4, 0.5) is 0 Å². The van der Waals surface area contributed by atoms with Crippen LogP contribution in [0.5, 0.6) is 0 Å². The molecule has 0 amide bonds. The maximum atomic E-state index is 5.81. The Morgan fingerprint density at radius 3 is 2.73 bits per heavy atom. The summed E-state index contributed by atoms with van der Waals surface area (Å²) < 4.78 is 5.81. The van der Waals surface area contributed by atoms with Crippen molar-refractivity contribution in [2.75, 3.05) is 13.2 Å². The second-order valence-electron chi connectivity index (χ2n) is 5.08. The summed E-state index contributed by atoms with van der Waals surface area (Å²) >= 11 is 0. The average Bonchev–Trinajstić information content (AvgIpc) is 2.99. The largest absolute Gasteiger partial charge is 0.376 e. The highest BCUT2D eigenvalue weighted by Crippen LogP contribution is 2.38. The topological polar surface area (TPSA) is 21.3 Å². The van der Waals surface area contributed by atoms with Gasteiger partial charge < -0.3 is 10.1 Å². The van der Waals surface area contributed by atoms with Gasteiger partial charge in [0.15, 0.2) is 0 Å². The third kappa shape index (κ3) is 3.46. The van der Waals surface area contributed by atoms with E-state index in [4.69, 9.17) is 4.74 Å². The van der Waals surface area contributed by atoms with Crippen molar-refractivity contribution in [1.29, 1.82) is 0 Å². The van der Waals surface area contributed by atoms with Crippen molar-refractivity contribution < 1.29 is 4.74 Å². The fourth-order valence-electron chi connectivity index (χ4n) is 2.56. The monoisotopic (exact) mass is 211 g/mol. The van der Waals surface area contributed by atoms with Crippen LogP contribution in [0.2, 0.25) is 0 Å². The Morgan fingerprint density at radius 1 is 1.13 bits per heavy atom. The van der Waals surface area contributed by atoms with Gasteiger partial charge in [0, 0.05) is 12.6 Å². The van der Waals surface area contributed by atoms with Crippen LogP contribution in [0.1, 0.15) is 51.9 Å². The molecule has 1 heterocycles. The van der Waals surface area contributed by atoms with Gasteiger partial charge in [-0.1, -0.05) is 26.2 Å². The number of nitrogens with one attached hydrogen (secondary N) is 1. The van der Waals surface area contributed by atoms with Crippen LogP contribution in [0.15, 0.2) is 0 Å². The van der Waals surface area contributed by atoms with Crippen LogP contribution < -0.4 is 5.32 Å². The highest BCUT2D eigenvalue weighted by atomic mass is 16.5. The first-order valence-electron chi connectivity index (χ1n) is 6.77. The second kappa shape index (κ2) is 5.86. The molecule has 0 aromatic heterocycles. The van der Waals surface area contributed by atoms with Crippen LogP contribution in [0.25, 0.3) is 0 Å². The maximum absolute atomic E-state index is 5.81. The minimum absolute atomic E-state index is 0.552. The molecule has 2 nitrogen and oxygen atoms in total. The van der Waals surface area contributed by atoms with Gasteiger partial charge in [0.05, 0.1) is 6.10 Å². The van der Waals surface area contributed by atoms with Gasteiger partial charge in [0.2, 0.25) is 0 Å². The molecule has 2 rings (SSSR count). The van der Waals surface area contributed by atoms with Crippen molar-refractivity contribution in [3.05, 3.63) is 0 Å². The average molecular weight is 211 g/mol. The number of hydrogen-bond acceptors (Lipinski definition) is 2. The maximum Gasteiger partial charge on any atom is 0.0756 e. The van der Waals surface area contributed by atoms with Crippen molar-refractivity contribution in [1.82, 2.24) is 5.32 Å². The summed E-state index contributed by atoms with van der Waals surface area (Å²) in [4.78, 5) is 0. The number of ether oxygens (including phenoxy) is 1. The first-order valence-corrected chi connectivity index (χ1v) is 6.77. The molecule has 2 atom stereocenters. The SMILES string of the molecule is CCCCCCNC1CCOC1C1CC1. The van der Waals surface area contributed by atoms with E-state index in [2.05, 4.69) is 12.2 Å². The molecule has 0 aromatic rings. The van der Waals surface area contributed by atoms with E-state index in [1.54, 1.807) is 0 Å². The molecule has 0 bridgehead atoms. The van der Waals surface area contributed by atoms with Gasteiger partial charge in [0.1, 0.15) is 0 Å². The van der Waals surface area contributed by atoms with Crippen LogP contribution in [-0.4, -0.2) is 25.3 Å². The summed E-state index contributed by atoms with van der Waals surface area (Å²) in [5.74, 6) is 0.889. The standard InChI is InChI=1S/C13H25NO/c1-2-3-4-5-9-14-12-8-10-15-13(12)11-6-7-11/h11-14H,2-10H2,1H3. The molecule has 2 aliphatic rings. The summed E-state index contributed by atoms with van der Waals surface area (Å²) in [6, 6.07) is 0.666. The van der Waals surface area contributed by atoms with E-state index in [1.165, 1.54) is 51.5 Å². The molecule has 0 radical (unpaired) electrons. The van der Waals surface area contributed by atoms with E-state index >= 15 is 0 Å². The molecule has 1 saturated heterocycles. The summed E-state index contributed by atoms with van der Waals surface area (Å²) in [5, 5.41) is 3.69. The van der Waals surface area contributed by atoms with Crippen molar-refractivity contribution in [3.63, 3.8) is 0 Å². The van der Waals surface area contributed by atoms with Crippen molar-refractivity contribution in [2.24, 2.45) is 5.92 Å². The molecule has 1 aliphatic heterocycles. The summed E-state index contributed by atoms with van der Waals surface area (Å²) in [5.41, 5.74) is 0. The van der Waals surface area contributed by atoms with Crippen LogP contribution in [-0.2, 0) is 4.74 Å². The van der Waals surface area contributed by atoms with Crippen molar-refractivity contribution in [3.8, 4) is 0 Å². The van der Waals surface area contributed by atoms with E-state index in [1.807, 2.05) is 0 Å². The van der Waals surface area contributed by atoms with Gasteiger partial charge in [-0.15, -0.1) is 0 Å². The van der Waals surface area contributed by atoms with Crippen molar-refractivity contribution >= 4 is 0 Å². The zero-order valence-corrected chi connectivity index (χ0v) is 10.0. The lowest BCUT2D eigenvalue weighted by molar-refractivity contribution is 0.0811. The quantitative estimate of drug-likeness (QED) is 0.654. The molecule has 15 heavy (non-hydrogen) atoms. The Bertz CT molecular complexity index is 179. The Hall–Kier alpha value is -0.0800. The normalized spacial score (nSPS) is 31.0. The Balaban J connectivity index is 1.57. The Kier molecular flexibility index (Phi) is 4.45. The van der Waals surface area contributed by atoms with E-state index in [0.29, 0.717) is 12.1 Å². The number of rotatable bonds is 7. The van der Waals surface area contributed by atoms with E-state index < -0.39 is 0 Å². The minimum Gasteiger partial charge on any atom is -0.376 e.